The van der Waals surface area contributed by atoms with E-state index in [1.807, 2.05) is 49.4 Å². The van der Waals surface area contributed by atoms with E-state index in [0.29, 0.717) is 92.5 Å². The Hall–Kier alpha value is -6.36. The Bertz CT molecular complexity index is 2850. The van der Waals surface area contributed by atoms with Gasteiger partial charge in [0.2, 0.25) is 12.0 Å². The molecule has 1 unspecified atom stereocenters. The molecule has 1 fully saturated rings. The summed E-state index contributed by atoms with van der Waals surface area (Å²) in [6.07, 6.45) is 3.04. The molecular weight excluding hydrogens is 883 g/mol. The molecule has 2 atom stereocenters. The number of nitrogens with one attached hydrogen (secondary N) is 1. The molecule has 13 nitrogen and oxygen atoms in total. The largest absolute Gasteiger partial charge is 0.496 e. The fourth-order valence-corrected chi connectivity index (χ4v) is 9.35. The Morgan fingerprint density at radius 3 is 2.65 bits per heavy atom. The number of hydrogen-bond acceptors (Lipinski definition) is 14. The van der Waals surface area contributed by atoms with E-state index in [2.05, 4.69) is 25.2 Å². The van der Waals surface area contributed by atoms with Gasteiger partial charge in [0.15, 0.2) is 12.1 Å². The summed E-state index contributed by atoms with van der Waals surface area (Å²) in [5.74, 6) is 0.736. The number of rotatable bonds is 19. The van der Waals surface area contributed by atoms with Gasteiger partial charge in [-0.2, -0.15) is 0 Å². The van der Waals surface area contributed by atoms with Crippen molar-refractivity contribution in [3.05, 3.63) is 136 Å². The van der Waals surface area contributed by atoms with Gasteiger partial charge in [0.25, 0.3) is 0 Å². The van der Waals surface area contributed by atoms with Gasteiger partial charge >= 0.3 is 5.97 Å². The first-order valence-corrected chi connectivity index (χ1v) is 22.8. The number of benzene rings is 4. The van der Waals surface area contributed by atoms with Gasteiger partial charge < -0.3 is 29.4 Å². The monoisotopic (exact) mass is 930 g/mol. The molecule has 0 radical (unpaired) electrons. The van der Waals surface area contributed by atoms with E-state index in [0.717, 1.165) is 35.5 Å². The quantitative estimate of drug-likeness (QED) is 0.0451. The molecule has 0 spiro atoms. The van der Waals surface area contributed by atoms with Crippen molar-refractivity contribution in [2.24, 2.45) is 0 Å². The Kier molecular flexibility index (Phi) is 14.9. The van der Waals surface area contributed by atoms with Crippen LogP contribution in [0.1, 0.15) is 46.1 Å². The predicted octanol–water partition coefficient (Wildman–Crippen LogP) is 8.69. The first kappa shape index (κ1) is 46.2. The second-order valence-electron chi connectivity index (χ2n) is 15.7. The minimum Gasteiger partial charge on any atom is -0.496 e. The van der Waals surface area contributed by atoms with Crippen LogP contribution < -0.4 is 19.5 Å². The molecule has 1 aliphatic rings. The molecule has 2 N–H and O–H groups in total. The maximum Gasteiger partial charge on any atom is 0.347 e. The number of likely N-dealkylation sites (tertiary alicyclic amines) is 1. The number of nitrogens with zero attached hydrogens (tertiary/aromatic N) is 5. The second-order valence-corrected chi connectivity index (χ2v) is 17.1. The van der Waals surface area contributed by atoms with Crippen LogP contribution >= 0.6 is 22.9 Å². The van der Waals surface area contributed by atoms with Gasteiger partial charge in [-0.05, 0) is 90.6 Å². The highest BCUT2D eigenvalue weighted by atomic mass is 35.5. The lowest BCUT2D eigenvalue weighted by atomic mass is 9.95. The van der Waals surface area contributed by atoms with Crippen LogP contribution in [0.3, 0.4) is 0 Å². The minimum absolute atomic E-state index is 0.0264. The van der Waals surface area contributed by atoms with Crippen LogP contribution in [0.4, 0.5) is 4.39 Å². The smallest absolute Gasteiger partial charge is 0.347 e. The summed E-state index contributed by atoms with van der Waals surface area (Å²) in [5.41, 5.74) is 5.97. The number of carbonyl (C=O) groups is 2. The van der Waals surface area contributed by atoms with Gasteiger partial charge in [-0.15, -0.1) is 11.3 Å². The molecule has 66 heavy (non-hydrogen) atoms. The van der Waals surface area contributed by atoms with E-state index in [1.54, 1.807) is 50.6 Å². The Labute approximate surface area is 390 Å². The molecule has 1 aliphatic heterocycles. The van der Waals surface area contributed by atoms with E-state index in [1.165, 1.54) is 29.8 Å². The third kappa shape index (κ3) is 10.5. The van der Waals surface area contributed by atoms with Gasteiger partial charge in [-0.1, -0.05) is 54.1 Å². The first-order valence-electron chi connectivity index (χ1n) is 21.6. The highest BCUT2D eigenvalue weighted by molar-refractivity contribution is 7.22. The molecule has 0 aliphatic carbocycles. The van der Waals surface area contributed by atoms with Gasteiger partial charge in [-0.3, -0.25) is 9.69 Å². The lowest BCUT2D eigenvalue weighted by Crippen LogP contribution is -2.32. The summed E-state index contributed by atoms with van der Waals surface area (Å²) < 4.78 is 38.6. The average molecular weight is 931 g/mol. The third-order valence-corrected chi connectivity index (χ3v) is 13.0. The summed E-state index contributed by atoms with van der Waals surface area (Å²) >= 11 is 8.10. The highest BCUT2D eigenvalue weighted by Gasteiger charge is 2.30. The summed E-state index contributed by atoms with van der Waals surface area (Å²) in [5, 5.41) is 14.3. The average Bonchev–Trinajstić information content (AvgIpc) is 3.94. The SMILES string of the molecule is CCOC(=O)[C@@H](Cc1cc(CNCCN2CCC(O)C2)ccc1OCc1ccnc(-c2ccccc2OC)n1)Oc1ncnc2sc(-c3ccc(F)cc3)c(-c3ccc(C=O)c(Cl)c3C)c12. The number of aliphatic hydroxyl groups excluding tert-OH is 1. The van der Waals surface area contributed by atoms with Gasteiger partial charge in [0, 0.05) is 61.3 Å². The zero-order valence-corrected chi connectivity index (χ0v) is 38.2. The molecule has 4 aromatic carbocycles. The predicted molar refractivity (Wildman–Crippen MR) is 252 cm³/mol. The number of para-hydroxylation sites is 1. The zero-order chi connectivity index (χ0) is 46.2. The Morgan fingerprint density at radius 2 is 1.88 bits per heavy atom. The lowest BCUT2D eigenvalue weighted by Gasteiger charge is -2.21. The van der Waals surface area contributed by atoms with Crippen molar-refractivity contribution in [1.82, 2.24) is 30.2 Å². The van der Waals surface area contributed by atoms with Crippen molar-refractivity contribution in [1.29, 1.82) is 0 Å². The van der Waals surface area contributed by atoms with E-state index in [4.69, 9.17) is 35.5 Å². The summed E-state index contributed by atoms with van der Waals surface area (Å²) in [6.45, 7) is 7.30. The lowest BCUT2D eigenvalue weighted by molar-refractivity contribution is -0.151. The van der Waals surface area contributed by atoms with Crippen LogP contribution in [-0.4, -0.2) is 94.3 Å². The van der Waals surface area contributed by atoms with Crippen LogP contribution in [-0.2, 0) is 29.1 Å². The number of halogens is 2. The number of methoxy groups -OCH3 is 1. The maximum atomic E-state index is 14.2. The molecule has 1 saturated heterocycles. The van der Waals surface area contributed by atoms with Gasteiger partial charge in [0.1, 0.15) is 35.1 Å². The van der Waals surface area contributed by atoms with Gasteiger partial charge in [-0.25, -0.2) is 29.1 Å². The molecule has 0 bridgehead atoms. The molecule has 7 aromatic rings. The molecule has 340 valence electrons. The molecule has 3 aromatic heterocycles. The topological polar surface area (TPSA) is 158 Å². The molecule has 0 amide bonds. The molecular formula is C50H48ClFN6O7S. The van der Waals surface area contributed by atoms with E-state index in [9.17, 15) is 19.1 Å². The van der Waals surface area contributed by atoms with E-state index in [-0.39, 0.29) is 36.6 Å². The van der Waals surface area contributed by atoms with Crippen LogP contribution in [0.2, 0.25) is 5.02 Å². The van der Waals surface area contributed by atoms with E-state index >= 15 is 0 Å². The van der Waals surface area contributed by atoms with Crippen LogP contribution in [0.25, 0.3) is 43.2 Å². The van der Waals surface area contributed by atoms with Crippen molar-refractivity contribution in [2.45, 2.75) is 52.0 Å². The van der Waals surface area contributed by atoms with Gasteiger partial charge in [0.05, 0.1) is 41.5 Å². The number of aromatic nitrogens is 4. The molecule has 8 rings (SSSR count). The second kappa shape index (κ2) is 21.3. The van der Waals surface area contributed by atoms with E-state index < -0.39 is 17.9 Å². The fraction of sp³-hybridized carbons (Fsp3) is 0.280. The normalized spacial score (nSPS) is 14.3. The molecule has 0 saturated carbocycles. The number of ether oxygens (including phenoxy) is 4. The summed E-state index contributed by atoms with van der Waals surface area (Å²) in [7, 11) is 1.60. The summed E-state index contributed by atoms with van der Waals surface area (Å²) in [4.78, 5) is 47.9. The molecule has 16 heteroatoms. The number of aliphatic hydroxyl groups is 1. The first-order chi connectivity index (χ1) is 32.1. The minimum atomic E-state index is -1.21. The third-order valence-electron chi connectivity index (χ3n) is 11.3. The molecule has 4 heterocycles. The van der Waals surface area contributed by atoms with Crippen molar-refractivity contribution >= 4 is 45.4 Å². The zero-order valence-electron chi connectivity index (χ0n) is 36.6. The standard InChI is InChI=1S/C50H48ClFN6O7S/c1-4-63-50(61)42(65-48-44-43(38-15-12-33(27-59)45(51)30(38)2)46(66-49(44)56-29-55-48)32-10-13-35(52)14-11-32)24-34-23-31(25-53-20-22-58-21-18-37(60)26-58)9-16-40(34)64-28-36-17-19-54-47(57-36)39-7-5-6-8-41(39)62-3/h5-17,19,23,27,29,37,42,53,60H,4,18,20-22,24-26,28H2,1-3H3/t37?,42-/m1/s1. The van der Waals surface area contributed by atoms with Crippen molar-refractivity contribution in [3.8, 4) is 50.3 Å². The number of aldehydes is 1. The number of esters is 1. The number of hydrogen-bond donors (Lipinski definition) is 2. The maximum absolute atomic E-state index is 14.2. The van der Waals surface area contributed by atoms with Crippen LogP contribution in [0, 0.1) is 12.7 Å². The Balaban J connectivity index is 1.15. The Morgan fingerprint density at radius 1 is 1.05 bits per heavy atom. The number of fused-ring (bicyclic) bond motifs is 1. The number of thiophene rings is 1. The summed E-state index contributed by atoms with van der Waals surface area (Å²) in [6, 6.07) is 24.7. The van der Waals surface area contributed by atoms with Crippen LogP contribution in [0.5, 0.6) is 17.4 Å². The van der Waals surface area contributed by atoms with Crippen molar-refractivity contribution in [3.63, 3.8) is 0 Å². The number of carbonyl (C=O) groups excluding carboxylic acids is 2. The van der Waals surface area contributed by atoms with Crippen molar-refractivity contribution in [2.75, 3.05) is 39.9 Å². The number of β-amino-alcohol motifs (C(OH)–C–C–N with tert-alkyl or cyclic N) is 1. The van der Waals surface area contributed by atoms with Crippen LogP contribution in [0.15, 0.2) is 97.5 Å². The highest BCUT2D eigenvalue weighted by Crippen LogP contribution is 2.49. The fourth-order valence-electron chi connectivity index (χ4n) is 7.98. The van der Waals surface area contributed by atoms with Crippen molar-refractivity contribution < 1.29 is 38.0 Å².